The van der Waals surface area contributed by atoms with E-state index in [1.54, 1.807) is 0 Å². The molecular weight excluding hydrogens is 248 g/mol. The maximum atomic E-state index is 12.4. The highest BCUT2D eigenvalue weighted by molar-refractivity contribution is 6.68. The van der Waals surface area contributed by atoms with E-state index in [-0.39, 0.29) is 0 Å². The van der Waals surface area contributed by atoms with Gasteiger partial charge in [-0.15, -0.1) is 0 Å². The van der Waals surface area contributed by atoms with Crippen molar-refractivity contribution in [2.24, 2.45) is 0 Å². The maximum Gasteiger partial charge on any atom is 0.387 e. The van der Waals surface area contributed by atoms with Crippen LogP contribution in [0.1, 0.15) is 22.3 Å². The van der Waals surface area contributed by atoms with Crippen LogP contribution in [0.15, 0.2) is 6.20 Å². The summed E-state index contributed by atoms with van der Waals surface area (Å²) in [4.78, 5) is 23.4. The lowest BCUT2D eigenvalue weighted by atomic mass is 10.1. The van der Waals surface area contributed by atoms with Crippen LogP contribution >= 0.6 is 11.6 Å². The van der Waals surface area contributed by atoms with Crippen molar-refractivity contribution in [1.29, 1.82) is 0 Å². The van der Waals surface area contributed by atoms with Crippen LogP contribution in [-0.4, -0.2) is 15.1 Å². The van der Waals surface area contributed by atoms with E-state index < -0.39 is 39.2 Å². The van der Waals surface area contributed by atoms with Crippen LogP contribution in [0.4, 0.5) is 20.3 Å². The normalized spacial score (nSPS) is 10.5. The predicted octanol–water partition coefficient (Wildman–Crippen LogP) is 1.89. The molecule has 0 atom stereocenters. The number of nitrogen functional groups attached to an aromatic ring is 1. The molecule has 1 aromatic rings. The Hall–Kier alpha value is -1.83. The molecule has 1 aromatic heterocycles. The van der Waals surface area contributed by atoms with Crippen molar-refractivity contribution in [2.45, 2.75) is 6.43 Å². The van der Waals surface area contributed by atoms with Gasteiger partial charge in [0.2, 0.25) is 0 Å². The fourth-order valence-corrected chi connectivity index (χ4v) is 1.27. The number of rotatable bonds is 3. The van der Waals surface area contributed by atoms with Crippen molar-refractivity contribution in [2.75, 3.05) is 5.73 Å². The van der Waals surface area contributed by atoms with E-state index in [4.69, 9.17) is 17.3 Å². The Labute approximate surface area is 92.2 Å². The van der Waals surface area contributed by atoms with Crippen molar-refractivity contribution in [3.63, 3.8) is 0 Å². The summed E-state index contributed by atoms with van der Waals surface area (Å²) in [6, 6.07) is 0. The Bertz CT molecular complexity index is 466. The molecule has 0 aromatic carbocycles. The van der Waals surface area contributed by atoms with Crippen LogP contribution in [0.25, 0.3) is 0 Å². The van der Waals surface area contributed by atoms with Crippen LogP contribution in [-0.2, 0) is 0 Å². The summed E-state index contributed by atoms with van der Waals surface area (Å²) in [5.74, 6) is -0.881. The monoisotopic (exact) mass is 251 g/mol. The fraction of sp³-hybridized carbons (Fsp3) is 0.143. The number of hydrogen-bond acceptors (Lipinski definition) is 5. The second kappa shape index (κ2) is 4.35. The van der Waals surface area contributed by atoms with Crippen molar-refractivity contribution < 1.29 is 18.5 Å². The van der Waals surface area contributed by atoms with Gasteiger partial charge in [-0.05, 0) is 21.5 Å². The molecule has 6 nitrogen and oxygen atoms in total. The molecule has 0 aliphatic rings. The molecule has 0 radical (unpaired) electrons. The van der Waals surface area contributed by atoms with Crippen molar-refractivity contribution in [3.8, 4) is 0 Å². The smallest absolute Gasteiger partial charge is 0.387 e. The molecule has 1 heterocycles. The van der Waals surface area contributed by atoms with E-state index in [9.17, 15) is 23.7 Å². The first kappa shape index (κ1) is 12.2. The molecule has 0 unspecified atom stereocenters. The third kappa shape index (κ3) is 2.06. The zero-order valence-corrected chi connectivity index (χ0v) is 8.24. The number of aromatic nitrogens is 1. The highest BCUT2D eigenvalue weighted by Crippen LogP contribution is 2.32. The van der Waals surface area contributed by atoms with Gasteiger partial charge in [-0.3, -0.25) is 4.79 Å². The molecule has 0 bridgehead atoms. The van der Waals surface area contributed by atoms with Gasteiger partial charge in [0.1, 0.15) is 11.9 Å². The number of anilines is 1. The Morgan fingerprint density at radius 3 is 2.56 bits per heavy atom. The Balaban J connectivity index is 3.54. The van der Waals surface area contributed by atoms with Gasteiger partial charge in [0.15, 0.2) is 0 Å². The van der Waals surface area contributed by atoms with E-state index in [2.05, 4.69) is 4.98 Å². The van der Waals surface area contributed by atoms with E-state index >= 15 is 0 Å². The molecule has 16 heavy (non-hydrogen) atoms. The first-order valence-corrected chi connectivity index (χ1v) is 4.14. The summed E-state index contributed by atoms with van der Waals surface area (Å²) < 4.78 is 24.8. The summed E-state index contributed by atoms with van der Waals surface area (Å²) in [5.41, 5.74) is 2.81. The molecule has 86 valence electrons. The van der Waals surface area contributed by atoms with Gasteiger partial charge in [-0.25, -0.2) is 8.78 Å². The Kier molecular flexibility index (Phi) is 3.33. The largest absolute Gasteiger partial charge is 0.391 e. The number of carbonyl (C=O) groups excluding carboxylic acids is 1. The van der Waals surface area contributed by atoms with Gasteiger partial charge in [0.25, 0.3) is 11.7 Å². The van der Waals surface area contributed by atoms with Crippen molar-refractivity contribution in [3.05, 3.63) is 27.4 Å². The number of nitrogens with zero attached hydrogens (tertiary/aromatic N) is 2. The number of carbonyl (C=O) groups is 1. The highest BCUT2D eigenvalue weighted by Gasteiger charge is 2.28. The second-order valence-electron chi connectivity index (χ2n) is 2.66. The average Bonchev–Trinajstić information content (AvgIpc) is 2.15. The lowest BCUT2D eigenvalue weighted by molar-refractivity contribution is -0.388. The average molecular weight is 252 g/mol. The van der Waals surface area contributed by atoms with E-state index in [0.717, 1.165) is 0 Å². The Morgan fingerprint density at radius 1 is 1.62 bits per heavy atom. The molecule has 0 saturated heterocycles. The minimum Gasteiger partial charge on any atom is -0.391 e. The van der Waals surface area contributed by atoms with Gasteiger partial charge in [-0.2, -0.15) is 0 Å². The van der Waals surface area contributed by atoms with Gasteiger partial charge in [-0.1, -0.05) is 0 Å². The van der Waals surface area contributed by atoms with Crippen LogP contribution in [0, 0.1) is 10.1 Å². The standard InChI is InChI=1S/C7H4ClF2N3O3/c8-5(14)3-2(6(9)10)1-12-7(4(3)11)13(15)16/h1,6H,11H2. The molecule has 0 spiro atoms. The van der Waals surface area contributed by atoms with Gasteiger partial charge < -0.3 is 15.8 Å². The summed E-state index contributed by atoms with van der Waals surface area (Å²) in [6.45, 7) is 0. The lowest BCUT2D eigenvalue weighted by Crippen LogP contribution is -2.08. The summed E-state index contributed by atoms with van der Waals surface area (Å²) in [5, 5.41) is 9.11. The van der Waals surface area contributed by atoms with Crippen molar-refractivity contribution in [1.82, 2.24) is 4.98 Å². The van der Waals surface area contributed by atoms with Crippen molar-refractivity contribution >= 4 is 28.3 Å². The quantitative estimate of drug-likeness (QED) is 0.502. The third-order valence-electron chi connectivity index (χ3n) is 1.73. The topological polar surface area (TPSA) is 99.1 Å². The van der Waals surface area contributed by atoms with Crippen LogP contribution < -0.4 is 5.73 Å². The molecule has 2 N–H and O–H groups in total. The van der Waals surface area contributed by atoms with Gasteiger partial charge >= 0.3 is 5.82 Å². The number of halogens is 3. The first-order valence-electron chi connectivity index (χ1n) is 3.77. The van der Waals surface area contributed by atoms with E-state index in [1.165, 1.54) is 0 Å². The van der Waals surface area contributed by atoms with E-state index in [1.807, 2.05) is 0 Å². The number of pyridine rings is 1. The van der Waals surface area contributed by atoms with Gasteiger partial charge in [0.05, 0.1) is 11.1 Å². The third-order valence-corrected chi connectivity index (χ3v) is 1.92. The number of nitro groups is 1. The zero-order chi connectivity index (χ0) is 12.5. The summed E-state index contributed by atoms with van der Waals surface area (Å²) >= 11 is 5.03. The van der Waals surface area contributed by atoms with Gasteiger partial charge in [0, 0.05) is 0 Å². The summed E-state index contributed by atoms with van der Waals surface area (Å²) in [6.07, 6.45) is -2.54. The molecule has 0 amide bonds. The predicted molar refractivity (Wildman–Crippen MR) is 50.4 cm³/mol. The lowest BCUT2D eigenvalue weighted by Gasteiger charge is -2.06. The number of nitrogens with two attached hydrogens (primary N) is 1. The maximum absolute atomic E-state index is 12.4. The van der Waals surface area contributed by atoms with Crippen LogP contribution in [0.3, 0.4) is 0 Å². The second-order valence-corrected chi connectivity index (χ2v) is 3.00. The molecule has 0 aliphatic heterocycles. The minimum absolute atomic E-state index is 0.509. The molecule has 9 heteroatoms. The number of hydrogen-bond donors (Lipinski definition) is 1. The molecular formula is C7H4ClF2N3O3. The highest BCUT2D eigenvalue weighted by atomic mass is 35.5. The van der Waals surface area contributed by atoms with Crippen LogP contribution in [0.2, 0.25) is 0 Å². The number of alkyl halides is 2. The minimum atomic E-state index is -3.05. The SMILES string of the molecule is Nc1c([N+](=O)[O-])ncc(C(F)F)c1C(=O)Cl. The molecule has 0 aliphatic carbocycles. The van der Waals surface area contributed by atoms with Crippen LogP contribution in [0.5, 0.6) is 0 Å². The Morgan fingerprint density at radius 2 is 2.19 bits per heavy atom. The fourth-order valence-electron chi connectivity index (χ4n) is 1.06. The van der Waals surface area contributed by atoms with E-state index in [0.29, 0.717) is 6.20 Å². The first-order chi connectivity index (χ1) is 7.36. The molecule has 0 fully saturated rings. The zero-order valence-electron chi connectivity index (χ0n) is 7.49. The molecule has 0 saturated carbocycles. The summed E-state index contributed by atoms with van der Waals surface area (Å²) in [7, 11) is 0. The molecule has 1 rings (SSSR count).